The van der Waals surface area contributed by atoms with Gasteiger partial charge in [-0.3, -0.25) is 4.99 Å². The van der Waals surface area contributed by atoms with E-state index in [2.05, 4.69) is 37.4 Å². The normalized spacial score (nSPS) is 28.0. The first kappa shape index (κ1) is 10.0. The predicted molar refractivity (Wildman–Crippen MR) is 67.6 cm³/mol. The molecule has 16 heavy (non-hydrogen) atoms. The molecule has 2 heteroatoms. The minimum atomic E-state index is 0.144. The van der Waals surface area contributed by atoms with Gasteiger partial charge in [-0.25, -0.2) is 0 Å². The number of nitrogens with one attached hydrogen (secondary N) is 1. The van der Waals surface area contributed by atoms with E-state index < -0.39 is 0 Å². The van der Waals surface area contributed by atoms with Gasteiger partial charge in [-0.15, -0.1) is 0 Å². The summed E-state index contributed by atoms with van der Waals surface area (Å²) in [7, 11) is 0. The predicted octanol–water partition coefficient (Wildman–Crippen LogP) is 2.77. The van der Waals surface area contributed by atoms with E-state index in [4.69, 9.17) is 4.99 Å². The molecule has 2 nitrogen and oxygen atoms in total. The van der Waals surface area contributed by atoms with Crippen molar-refractivity contribution >= 4 is 11.4 Å². The van der Waals surface area contributed by atoms with E-state index in [-0.39, 0.29) is 5.54 Å². The van der Waals surface area contributed by atoms with Crippen molar-refractivity contribution in [2.45, 2.75) is 38.6 Å². The summed E-state index contributed by atoms with van der Waals surface area (Å²) in [4.78, 5) is 4.82. The zero-order chi connectivity index (χ0) is 11.2. The molecule has 2 aliphatic rings. The molecular weight excluding hydrogens is 196 g/mol. The number of nitrogens with zero attached hydrogens (tertiary/aromatic N) is 1. The van der Waals surface area contributed by atoms with Crippen molar-refractivity contribution in [1.29, 1.82) is 0 Å². The van der Waals surface area contributed by atoms with Gasteiger partial charge < -0.3 is 5.32 Å². The van der Waals surface area contributed by atoms with Gasteiger partial charge in [0.05, 0.1) is 11.2 Å². The number of hydrogen-bond acceptors (Lipinski definition) is 2. The minimum absolute atomic E-state index is 0.144. The number of hydrogen-bond donors (Lipinski definition) is 1. The molecule has 1 saturated heterocycles. The van der Waals surface area contributed by atoms with Gasteiger partial charge in [0.15, 0.2) is 0 Å². The van der Waals surface area contributed by atoms with E-state index >= 15 is 0 Å². The summed E-state index contributed by atoms with van der Waals surface area (Å²) >= 11 is 0. The van der Waals surface area contributed by atoms with E-state index in [0.29, 0.717) is 0 Å². The fourth-order valence-electron chi connectivity index (χ4n) is 2.83. The van der Waals surface area contributed by atoms with Crippen molar-refractivity contribution in [3.63, 3.8) is 0 Å². The highest BCUT2D eigenvalue weighted by molar-refractivity contribution is 6.01. The lowest BCUT2D eigenvalue weighted by Crippen LogP contribution is -2.44. The molecule has 1 aromatic rings. The van der Waals surface area contributed by atoms with E-state index in [1.54, 1.807) is 0 Å². The second-order valence-electron chi connectivity index (χ2n) is 5.17. The van der Waals surface area contributed by atoms with Crippen LogP contribution in [0.1, 0.15) is 30.9 Å². The molecule has 0 spiro atoms. The van der Waals surface area contributed by atoms with Gasteiger partial charge in [-0.2, -0.15) is 0 Å². The van der Waals surface area contributed by atoms with Crippen LogP contribution in [0.4, 0.5) is 5.69 Å². The molecule has 0 unspecified atom stereocenters. The second kappa shape index (κ2) is 3.42. The smallest absolute Gasteiger partial charge is 0.0668 e. The standard InChI is InChI=1S/C14H18N2/c1-10-5-3-6-12-11(10)9-13(16-12)14(2)7-4-8-15-14/h3,5-6,15H,4,7-9H2,1-2H3/t14-/m0/s1. The summed E-state index contributed by atoms with van der Waals surface area (Å²) in [6.07, 6.45) is 3.52. The van der Waals surface area contributed by atoms with Gasteiger partial charge in [0.25, 0.3) is 0 Å². The molecule has 1 atom stereocenters. The number of fused-ring (bicyclic) bond motifs is 1. The van der Waals surface area contributed by atoms with E-state index in [1.807, 2.05) is 0 Å². The summed E-state index contributed by atoms with van der Waals surface area (Å²) in [5.74, 6) is 0. The maximum absolute atomic E-state index is 4.82. The molecule has 0 bridgehead atoms. The fourth-order valence-corrected chi connectivity index (χ4v) is 2.83. The molecule has 2 heterocycles. The van der Waals surface area contributed by atoms with Crippen molar-refractivity contribution in [3.05, 3.63) is 29.3 Å². The monoisotopic (exact) mass is 214 g/mol. The largest absolute Gasteiger partial charge is 0.307 e. The molecular formula is C14H18N2. The van der Waals surface area contributed by atoms with E-state index in [1.165, 1.54) is 35.4 Å². The van der Waals surface area contributed by atoms with Gasteiger partial charge in [0.1, 0.15) is 0 Å². The average molecular weight is 214 g/mol. The first-order valence-electron chi connectivity index (χ1n) is 6.11. The van der Waals surface area contributed by atoms with Crippen molar-refractivity contribution in [3.8, 4) is 0 Å². The van der Waals surface area contributed by atoms with Gasteiger partial charge >= 0.3 is 0 Å². The van der Waals surface area contributed by atoms with Crippen molar-refractivity contribution in [1.82, 2.24) is 5.32 Å². The Morgan fingerprint density at radius 3 is 2.94 bits per heavy atom. The van der Waals surface area contributed by atoms with Crippen LogP contribution in [0.5, 0.6) is 0 Å². The minimum Gasteiger partial charge on any atom is -0.307 e. The molecule has 2 aliphatic heterocycles. The van der Waals surface area contributed by atoms with Crippen LogP contribution < -0.4 is 5.32 Å². The molecule has 3 rings (SSSR count). The third-order valence-corrected chi connectivity index (χ3v) is 3.99. The lowest BCUT2D eigenvalue weighted by molar-refractivity contribution is 0.551. The Balaban J connectivity index is 1.96. The number of rotatable bonds is 1. The number of aryl methyl sites for hydroxylation is 1. The summed E-state index contributed by atoms with van der Waals surface area (Å²) in [6, 6.07) is 6.42. The van der Waals surface area contributed by atoms with Crippen molar-refractivity contribution < 1.29 is 0 Å². The van der Waals surface area contributed by atoms with Crippen LogP contribution in [0.15, 0.2) is 23.2 Å². The topological polar surface area (TPSA) is 24.4 Å². The molecule has 1 aromatic carbocycles. The average Bonchev–Trinajstić information content (AvgIpc) is 2.85. The van der Waals surface area contributed by atoms with Gasteiger partial charge in [0, 0.05) is 12.1 Å². The van der Waals surface area contributed by atoms with Crippen LogP contribution >= 0.6 is 0 Å². The molecule has 1 N–H and O–H groups in total. The van der Waals surface area contributed by atoms with Crippen LogP contribution in [0, 0.1) is 6.92 Å². The van der Waals surface area contributed by atoms with Gasteiger partial charge in [0.2, 0.25) is 0 Å². The van der Waals surface area contributed by atoms with E-state index in [9.17, 15) is 0 Å². The van der Waals surface area contributed by atoms with Gasteiger partial charge in [-0.05, 0) is 50.4 Å². The molecule has 0 aliphatic carbocycles. The SMILES string of the molecule is Cc1cccc2c1CC([C@]1(C)CCCN1)=N2. The lowest BCUT2D eigenvalue weighted by Gasteiger charge is -2.24. The molecule has 0 amide bonds. The maximum Gasteiger partial charge on any atom is 0.0668 e. The Morgan fingerprint density at radius 2 is 2.25 bits per heavy atom. The van der Waals surface area contributed by atoms with Crippen LogP contribution in [-0.4, -0.2) is 17.8 Å². The molecule has 0 saturated carbocycles. The van der Waals surface area contributed by atoms with Crippen LogP contribution in [-0.2, 0) is 6.42 Å². The third-order valence-electron chi connectivity index (χ3n) is 3.99. The van der Waals surface area contributed by atoms with E-state index in [0.717, 1.165) is 13.0 Å². The van der Waals surface area contributed by atoms with Crippen molar-refractivity contribution in [2.75, 3.05) is 6.54 Å². The lowest BCUT2D eigenvalue weighted by atomic mass is 9.90. The Labute approximate surface area is 96.8 Å². The summed E-state index contributed by atoms with van der Waals surface area (Å²) in [5.41, 5.74) is 5.45. The first-order valence-corrected chi connectivity index (χ1v) is 6.11. The highest BCUT2D eigenvalue weighted by atomic mass is 15.0. The quantitative estimate of drug-likeness (QED) is 0.763. The summed E-state index contributed by atoms with van der Waals surface area (Å²) in [6.45, 7) is 5.60. The zero-order valence-electron chi connectivity index (χ0n) is 10.0. The number of aliphatic imine (C=N–C) groups is 1. The van der Waals surface area contributed by atoms with Crippen molar-refractivity contribution in [2.24, 2.45) is 4.99 Å². The molecule has 84 valence electrons. The molecule has 1 fully saturated rings. The maximum atomic E-state index is 4.82. The second-order valence-corrected chi connectivity index (χ2v) is 5.17. The van der Waals surface area contributed by atoms with Gasteiger partial charge in [-0.1, -0.05) is 12.1 Å². The Morgan fingerprint density at radius 1 is 1.38 bits per heavy atom. The van der Waals surface area contributed by atoms with Crippen LogP contribution in [0.25, 0.3) is 0 Å². The first-order chi connectivity index (χ1) is 7.69. The highest BCUT2D eigenvalue weighted by Gasteiger charge is 2.36. The van der Waals surface area contributed by atoms with Crippen LogP contribution in [0.3, 0.4) is 0 Å². The fraction of sp³-hybridized carbons (Fsp3) is 0.500. The summed E-state index contributed by atoms with van der Waals surface area (Å²) in [5, 5.41) is 3.60. The third kappa shape index (κ3) is 1.40. The molecule has 0 aromatic heterocycles. The Kier molecular flexibility index (Phi) is 2.15. The Bertz CT molecular complexity index is 454. The summed E-state index contributed by atoms with van der Waals surface area (Å²) < 4.78 is 0. The number of benzene rings is 1. The highest BCUT2D eigenvalue weighted by Crippen LogP contribution is 2.34. The Hall–Kier alpha value is -1.15. The van der Waals surface area contributed by atoms with Crippen LogP contribution in [0.2, 0.25) is 0 Å². The zero-order valence-corrected chi connectivity index (χ0v) is 10.0. The molecule has 0 radical (unpaired) electrons.